The van der Waals surface area contributed by atoms with Crippen molar-refractivity contribution in [1.29, 1.82) is 0 Å². The Hall–Kier alpha value is -1.29. The van der Waals surface area contributed by atoms with Crippen LogP contribution in [0.1, 0.15) is 11.1 Å². The van der Waals surface area contributed by atoms with Gasteiger partial charge in [0.25, 0.3) is 0 Å². The molecule has 5 heteroatoms. The molecule has 0 aliphatic carbocycles. The molecule has 0 saturated carbocycles. The van der Waals surface area contributed by atoms with Gasteiger partial charge >= 0.3 is 0 Å². The van der Waals surface area contributed by atoms with Crippen LogP contribution in [0, 0.1) is 5.82 Å². The lowest BCUT2D eigenvalue weighted by Crippen LogP contribution is -2.01. The van der Waals surface area contributed by atoms with Gasteiger partial charge in [-0.3, -0.25) is 0 Å². The number of ether oxygens (including phenoxy) is 1. The topological polar surface area (TPSA) is 29.5 Å². The maximum Gasteiger partial charge on any atom is 0.131 e. The Kier molecular flexibility index (Phi) is 4.64. The summed E-state index contributed by atoms with van der Waals surface area (Å²) in [4.78, 5) is 0. The zero-order valence-electron chi connectivity index (χ0n) is 9.87. The van der Waals surface area contributed by atoms with Crippen LogP contribution in [-0.4, -0.2) is 5.11 Å². The summed E-state index contributed by atoms with van der Waals surface area (Å²) < 4.78 is 19.1. The largest absolute Gasteiger partial charge is 0.488 e. The minimum absolute atomic E-state index is 0.0138. The summed E-state index contributed by atoms with van der Waals surface area (Å²) in [6.07, 6.45) is 0. The minimum Gasteiger partial charge on any atom is -0.488 e. The van der Waals surface area contributed by atoms with Crippen molar-refractivity contribution in [2.75, 3.05) is 0 Å². The van der Waals surface area contributed by atoms with Gasteiger partial charge in [0.05, 0.1) is 11.6 Å². The van der Waals surface area contributed by atoms with E-state index in [0.29, 0.717) is 21.4 Å². The Bertz CT molecular complexity index is 567. The first-order chi connectivity index (χ1) is 9.11. The van der Waals surface area contributed by atoms with Crippen LogP contribution in [0.15, 0.2) is 36.4 Å². The molecule has 19 heavy (non-hydrogen) atoms. The molecule has 0 fully saturated rings. The van der Waals surface area contributed by atoms with E-state index in [4.69, 9.17) is 27.9 Å². The molecule has 0 spiro atoms. The lowest BCUT2D eigenvalue weighted by atomic mass is 10.2. The van der Waals surface area contributed by atoms with Crippen LogP contribution in [0.4, 0.5) is 4.39 Å². The molecule has 100 valence electrons. The van der Waals surface area contributed by atoms with Crippen molar-refractivity contribution < 1.29 is 14.2 Å². The third-order valence-corrected chi connectivity index (χ3v) is 3.22. The Balaban J connectivity index is 2.19. The standard InChI is InChI=1S/C14H11Cl2FO2/c15-10-4-5-14(9(6-10)7-18)19-8-11-12(16)2-1-3-13(11)17/h1-6,18H,7-8H2. The normalized spacial score (nSPS) is 10.5. The molecule has 0 unspecified atom stereocenters. The molecule has 2 aromatic rings. The van der Waals surface area contributed by atoms with Gasteiger partial charge in [0.2, 0.25) is 0 Å². The van der Waals surface area contributed by atoms with Crippen LogP contribution in [0.2, 0.25) is 10.0 Å². The number of aliphatic hydroxyl groups excluding tert-OH is 1. The van der Waals surface area contributed by atoms with Crippen LogP contribution in [0.5, 0.6) is 5.75 Å². The molecular weight excluding hydrogens is 290 g/mol. The second-order valence-electron chi connectivity index (χ2n) is 3.90. The maximum absolute atomic E-state index is 13.6. The average molecular weight is 301 g/mol. The van der Waals surface area contributed by atoms with Gasteiger partial charge in [0.15, 0.2) is 0 Å². The number of hydrogen-bond acceptors (Lipinski definition) is 2. The zero-order chi connectivity index (χ0) is 13.8. The SMILES string of the molecule is OCc1cc(Cl)ccc1OCc1c(F)cccc1Cl. The van der Waals surface area contributed by atoms with Gasteiger partial charge < -0.3 is 9.84 Å². The molecule has 0 saturated heterocycles. The highest BCUT2D eigenvalue weighted by Gasteiger charge is 2.09. The summed E-state index contributed by atoms with van der Waals surface area (Å²) in [6, 6.07) is 9.31. The van der Waals surface area contributed by atoms with Crippen molar-refractivity contribution >= 4 is 23.2 Å². The van der Waals surface area contributed by atoms with Gasteiger partial charge in [0.1, 0.15) is 18.2 Å². The van der Waals surface area contributed by atoms with E-state index in [1.165, 1.54) is 12.1 Å². The van der Waals surface area contributed by atoms with Crippen molar-refractivity contribution in [1.82, 2.24) is 0 Å². The highest BCUT2D eigenvalue weighted by Crippen LogP contribution is 2.26. The molecule has 0 atom stereocenters. The van der Waals surface area contributed by atoms with Crippen molar-refractivity contribution in [2.45, 2.75) is 13.2 Å². The maximum atomic E-state index is 13.6. The van der Waals surface area contributed by atoms with Gasteiger partial charge in [-0.25, -0.2) is 4.39 Å². The fourth-order valence-corrected chi connectivity index (χ4v) is 2.04. The van der Waals surface area contributed by atoms with Crippen molar-refractivity contribution in [2.24, 2.45) is 0 Å². The van der Waals surface area contributed by atoms with E-state index in [-0.39, 0.29) is 18.8 Å². The monoisotopic (exact) mass is 300 g/mol. The third kappa shape index (κ3) is 3.38. The second-order valence-corrected chi connectivity index (χ2v) is 4.74. The van der Waals surface area contributed by atoms with Gasteiger partial charge in [-0.15, -0.1) is 0 Å². The highest BCUT2D eigenvalue weighted by molar-refractivity contribution is 6.31. The van der Waals surface area contributed by atoms with Crippen molar-refractivity contribution in [3.8, 4) is 5.75 Å². The quantitative estimate of drug-likeness (QED) is 0.917. The third-order valence-electron chi connectivity index (χ3n) is 2.63. The second kappa shape index (κ2) is 6.24. The molecule has 0 amide bonds. The molecular formula is C14H11Cl2FO2. The van der Waals surface area contributed by atoms with E-state index < -0.39 is 5.82 Å². The van der Waals surface area contributed by atoms with Crippen LogP contribution < -0.4 is 4.74 Å². The van der Waals surface area contributed by atoms with Crippen LogP contribution in [0.3, 0.4) is 0 Å². The first kappa shape index (κ1) is 14.1. The van der Waals surface area contributed by atoms with Crippen LogP contribution in [0.25, 0.3) is 0 Å². The lowest BCUT2D eigenvalue weighted by molar-refractivity contribution is 0.257. The van der Waals surface area contributed by atoms with Crippen LogP contribution in [-0.2, 0) is 13.2 Å². The van der Waals surface area contributed by atoms with E-state index in [0.717, 1.165) is 0 Å². The van der Waals surface area contributed by atoms with E-state index in [1.807, 2.05) is 0 Å². The molecule has 0 aromatic heterocycles. The predicted octanol–water partition coefficient (Wildman–Crippen LogP) is 4.20. The summed E-state index contributed by atoms with van der Waals surface area (Å²) in [5, 5.41) is 10.0. The summed E-state index contributed by atoms with van der Waals surface area (Å²) in [5.74, 6) is 0.0261. The fraction of sp³-hybridized carbons (Fsp3) is 0.143. The van der Waals surface area contributed by atoms with Crippen molar-refractivity contribution in [3.63, 3.8) is 0 Å². The molecule has 2 rings (SSSR count). The molecule has 0 radical (unpaired) electrons. The van der Waals surface area contributed by atoms with E-state index in [9.17, 15) is 9.50 Å². The van der Waals surface area contributed by atoms with Crippen molar-refractivity contribution in [3.05, 3.63) is 63.4 Å². The zero-order valence-corrected chi connectivity index (χ0v) is 11.4. The predicted molar refractivity (Wildman–Crippen MR) is 73.1 cm³/mol. The summed E-state index contributed by atoms with van der Waals surface area (Å²) >= 11 is 11.7. The van der Waals surface area contributed by atoms with E-state index >= 15 is 0 Å². The fourth-order valence-electron chi connectivity index (χ4n) is 1.63. The number of halogens is 3. The molecule has 0 bridgehead atoms. The lowest BCUT2D eigenvalue weighted by Gasteiger charge is -2.12. The molecule has 0 aliphatic rings. The number of hydrogen-bond donors (Lipinski definition) is 1. The van der Waals surface area contributed by atoms with Gasteiger partial charge in [0, 0.05) is 16.1 Å². The molecule has 0 aliphatic heterocycles. The van der Waals surface area contributed by atoms with E-state index in [1.54, 1.807) is 24.3 Å². The van der Waals surface area contributed by atoms with E-state index in [2.05, 4.69) is 0 Å². The Morgan fingerprint density at radius 2 is 1.95 bits per heavy atom. The van der Waals surface area contributed by atoms with Gasteiger partial charge in [-0.1, -0.05) is 29.3 Å². The Labute approximate surface area is 120 Å². The molecule has 1 N–H and O–H groups in total. The smallest absolute Gasteiger partial charge is 0.131 e. The first-order valence-electron chi connectivity index (χ1n) is 5.57. The van der Waals surface area contributed by atoms with Crippen LogP contribution >= 0.6 is 23.2 Å². The Morgan fingerprint density at radius 1 is 1.16 bits per heavy atom. The first-order valence-corrected chi connectivity index (χ1v) is 6.32. The number of rotatable bonds is 4. The summed E-state index contributed by atoms with van der Waals surface area (Å²) in [5.41, 5.74) is 0.822. The molecule has 2 aromatic carbocycles. The number of aliphatic hydroxyl groups is 1. The summed E-state index contributed by atoms with van der Waals surface area (Å²) in [6.45, 7) is -0.221. The van der Waals surface area contributed by atoms with Gasteiger partial charge in [-0.05, 0) is 30.3 Å². The summed E-state index contributed by atoms with van der Waals surface area (Å²) in [7, 11) is 0. The number of benzene rings is 2. The minimum atomic E-state index is -0.424. The average Bonchev–Trinajstić information content (AvgIpc) is 2.39. The van der Waals surface area contributed by atoms with Gasteiger partial charge in [-0.2, -0.15) is 0 Å². The Morgan fingerprint density at radius 3 is 2.63 bits per heavy atom. The molecule has 0 heterocycles. The molecule has 2 nitrogen and oxygen atoms in total. The highest BCUT2D eigenvalue weighted by atomic mass is 35.5.